The van der Waals surface area contributed by atoms with Crippen molar-refractivity contribution in [2.75, 3.05) is 13.7 Å². The van der Waals surface area contributed by atoms with Crippen LogP contribution >= 0.6 is 0 Å². The van der Waals surface area contributed by atoms with Gasteiger partial charge in [-0.05, 0) is 50.5 Å². The van der Waals surface area contributed by atoms with E-state index < -0.39 is 0 Å². The SMILES string of the molecule is CO[C@]12CC[C@@H](O)C[C@H]1N(C(=O)CCCCc1ccccc1)CC2. The zero-order valence-corrected chi connectivity index (χ0v) is 14.6. The number of nitrogens with zero attached hydrogens (tertiary/aromatic N) is 1. The van der Waals surface area contributed by atoms with Crippen LogP contribution in [0.25, 0.3) is 0 Å². The van der Waals surface area contributed by atoms with Gasteiger partial charge in [-0.15, -0.1) is 0 Å². The summed E-state index contributed by atoms with van der Waals surface area (Å²) in [6, 6.07) is 10.5. The largest absolute Gasteiger partial charge is 0.393 e. The second-order valence-electron chi connectivity index (χ2n) is 7.24. The van der Waals surface area contributed by atoms with E-state index in [-0.39, 0.29) is 23.7 Å². The molecular formula is C20H29NO3. The number of fused-ring (bicyclic) bond motifs is 1. The molecule has 4 nitrogen and oxygen atoms in total. The van der Waals surface area contributed by atoms with Crippen LogP contribution in [0.2, 0.25) is 0 Å². The molecule has 0 radical (unpaired) electrons. The van der Waals surface area contributed by atoms with E-state index in [1.165, 1.54) is 5.56 Å². The van der Waals surface area contributed by atoms with Crippen molar-refractivity contribution in [2.24, 2.45) is 0 Å². The van der Waals surface area contributed by atoms with Crippen LogP contribution < -0.4 is 0 Å². The third kappa shape index (κ3) is 3.65. The van der Waals surface area contributed by atoms with Crippen molar-refractivity contribution in [3.63, 3.8) is 0 Å². The maximum absolute atomic E-state index is 12.7. The average molecular weight is 331 g/mol. The topological polar surface area (TPSA) is 49.8 Å². The summed E-state index contributed by atoms with van der Waals surface area (Å²) in [5.41, 5.74) is 1.11. The van der Waals surface area contributed by atoms with Gasteiger partial charge in [0.05, 0.1) is 17.7 Å². The Morgan fingerprint density at radius 3 is 2.83 bits per heavy atom. The Kier molecular flexibility index (Phi) is 5.57. The Labute approximate surface area is 144 Å². The number of carbonyl (C=O) groups excluding carboxylic acids is 1. The molecule has 1 aliphatic carbocycles. The lowest BCUT2D eigenvalue weighted by molar-refractivity contribution is -0.139. The maximum Gasteiger partial charge on any atom is 0.222 e. The fraction of sp³-hybridized carbons (Fsp3) is 0.650. The maximum atomic E-state index is 12.7. The first-order valence-corrected chi connectivity index (χ1v) is 9.21. The van der Waals surface area contributed by atoms with Crippen molar-refractivity contribution in [1.82, 2.24) is 4.90 Å². The van der Waals surface area contributed by atoms with Crippen LogP contribution in [0.15, 0.2) is 30.3 Å². The molecule has 132 valence electrons. The molecule has 1 aliphatic heterocycles. The fourth-order valence-corrected chi connectivity index (χ4v) is 4.37. The zero-order chi connectivity index (χ0) is 17.0. The van der Waals surface area contributed by atoms with Gasteiger partial charge in [0.15, 0.2) is 0 Å². The first kappa shape index (κ1) is 17.4. The average Bonchev–Trinajstić information content (AvgIpc) is 2.99. The van der Waals surface area contributed by atoms with Crippen LogP contribution in [0.1, 0.15) is 50.5 Å². The van der Waals surface area contributed by atoms with E-state index in [1.54, 1.807) is 7.11 Å². The number of ether oxygens (including phenoxy) is 1. The van der Waals surface area contributed by atoms with E-state index in [4.69, 9.17) is 4.74 Å². The standard InChI is InChI=1S/C20H29NO3/c1-24-20-12-11-17(22)15-18(20)21(14-13-20)19(23)10-6-5-9-16-7-3-2-4-8-16/h2-4,7-8,17-18,22H,5-6,9-15H2,1H3/t17-,18-,20+/m1/s1. The van der Waals surface area contributed by atoms with Gasteiger partial charge in [-0.3, -0.25) is 4.79 Å². The molecule has 1 heterocycles. The van der Waals surface area contributed by atoms with Crippen LogP contribution in [0.3, 0.4) is 0 Å². The normalized spacial score (nSPS) is 29.5. The second kappa shape index (κ2) is 7.66. The Morgan fingerprint density at radius 1 is 1.29 bits per heavy atom. The Bertz CT molecular complexity index is 547. The molecule has 24 heavy (non-hydrogen) atoms. The van der Waals surface area contributed by atoms with Gasteiger partial charge in [0.1, 0.15) is 0 Å². The van der Waals surface area contributed by atoms with Crippen LogP contribution in [0.4, 0.5) is 0 Å². The number of benzene rings is 1. The van der Waals surface area contributed by atoms with Crippen molar-refractivity contribution < 1.29 is 14.6 Å². The van der Waals surface area contributed by atoms with Gasteiger partial charge < -0.3 is 14.7 Å². The minimum atomic E-state index is -0.301. The fourth-order valence-electron chi connectivity index (χ4n) is 4.37. The lowest BCUT2D eigenvalue weighted by Gasteiger charge is -2.42. The number of rotatable bonds is 6. The lowest BCUT2D eigenvalue weighted by Crippen LogP contribution is -2.52. The summed E-state index contributed by atoms with van der Waals surface area (Å²) in [5, 5.41) is 10.0. The summed E-state index contributed by atoms with van der Waals surface area (Å²) >= 11 is 0. The van der Waals surface area contributed by atoms with Gasteiger partial charge >= 0.3 is 0 Å². The number of aryl methyl sites for hydroxylation is 1. The van der Waals surface area contributed by atoms with Gasteiger partial charge in [-0.2, -0.15) is 0 Å². The molecule has 3 rings (SSSR count). The van der Waals surface area contributed by atoms with Crippen LogP contribution in [0.5, 0.6) is 0 Å². The monoisotopic (exact) mass is 331 g/mol. The van der Waals surface area contributed by atoms with Gasteiger partial charge in [-0.25, -0.2) is 0 Å². The highest BCUT2D eigenvalue weighted by molar-refractivity contribution is 5.77. The number of likely N-dealkylation sites (tertiary alicyclic amines) is 1. The molecule has 1 amide bonds. The van der Waals surface area contributed by atoms with Gasteiger partial charge in [0.25, 0.3) is 0 Å². The second-order valence-corrected chi connectivity index (χ2v) is 7.24. The van der Waals surface area contributed by atoms with E-state index in [1.807, 2.05) is 11.0 Å². The molecule has 0 aromatic heterocycles. The molecule has 1 N–H and O–H groups in total. The van der Waals surface area contributed by atoms with E-state index in [0.29, 0.717) is 12.8 Å². The minimum absolute atomic E-state index is 0.0490. The zero-order valence-electron chi connectivity index (χ0n) is 14.6. The van der Waals surface area contributed by atoms with E-state index >= 15 is 0 Å². The van der Waals surface area contributed by atoms with Gasteiger partial charge in [0.2, 0.25) is 5.91 Å². The van der Waals surface area contributed by atoms with E-state index in [2.05, 4.69) is 24.3 Å². The molecule has 4 heteroatoms. The van der Waals surface area contributed by atoms with Crippen LogP contribution in [-0.2, 0) is 16.0 Å². The van der Waals surface area contributed by atoms with E-state index in [9.17, 15) is 9.90 Å². The lowest BCUT2D eigenvalue weighted by atomic mass is 9.79. The summed E-state index contributed by atoms with van der Waals surface area (Å²) < 4.78 is 5.81. The number of hydrogen-bond acceptors (Lipinski definition) is 3. The highest BCUT2D eigenvalue weighted by Crippen LogP contribution is 2.42. The molecule has 1 aromatic carbocycles. The van der Waals surface area contributed by atoms with Crippen LogP contribution in [-0.4, -0.2) is 47.3 Å². The highest BCUT2D eigenvalue weighted by Gasteiger charge is 2.52. The predicted octanol–water partition coefficient (Wildman–Crippen LogP) is 2.93. The molecule has 3 atom stereocenters. The molecule has 0 spiro atoms. The first-order chi connectivity index (χ1) is 11.6. The molecule has 0 unspecified atom stereocenters. The predicted molar refractivity (Wildman–Crippen MR) is 93.7 cm³/mol. The highest BCUT2D eigenvalue weighted by atomic mass is 16.5. The number of methoxy groups -OCH3 is 1. The van der Waals surface area contributed by atoms with Crippen molar-refractivity contribution >= 4 is 5.91 Å². The minimum Gasteiger partial charge on any atom is -0.393 e. The molecule has 1 saturated heterocycles. The Hall–Kier alpha value is -1.39. The number of aliphatic hydroxyl groups excluding tert-OH is 1. The molecule has 1 saturated carbocycles. The third-order valence-electron chi connectivity index (χ3n) is 5.83. The van der Waals surface area contributed by atoms with Crippen LogP contribution in [0, 0.1) is 0 Å². The van der Waals surface area contributed by atoms with Crippen molar-refractivity contribution in [3.8, 4) is 0 Å². The Balaban J connectivity index is 1.50. The molecular weight excluding hydrogens is 302 g/mol. The van der Waals surface area contributed by atoms with Gasteiger partial charge in [0, 0.05) is 20.1 Å². The van der Waals surface area contributed by atoms with Crippen molar-refractivity contribution in [1.29, 1.82) is 0 Å². The number of amides is 1. The number of carbonyl (C=O) groups is 1. The van der Waals surface area contributed by atoms with Crippen molar-refractivity contribution in [2.45, 2.75) is 69.1 Å². The summed E-state index contributed by atoms with van der Waals surface area (Å²) in [7, 11) is 1.75. The molecule has 0 bridgehead atoms. The number of aliphatic hydroxyl groups is 1. The molecule has 2 aliphatic rings. The number of hydrogen-bond donors (Lipinski definition) is 1. The third-order valence-corrected chi connectivity index (χ3v) is 5.83. The quantitative estimate of drug-likeness (QED) is 0.816. The summed E-state index contributed by atoms with van der Waals surface area (Å²) in [6.45, 7) is 0.767. The smallest absolute Gasteiger partial charge is 0.222 e. The van der Waals surface area contributed by atoms with Gasteiger partial charge in [-0.1, -0.05) is 30.3 Å². The Morgan fingerprint density at radius 2 is 2.08 bits per heavy atom. The van der Waals surface area contributed by atoms with E-state index in [0.717, 1.165) is 45.1 Å². The number of unbranched alkanes of at least 4 members (excludes halogenated alkanes) is 1. The first-order valence-electron chi connectivity index (χ1n) is 9.21. The summed E-state index contributed by atoms with van der Waals surface area (Å²) in [6.07, 6.45) is 6.46. The summed E-state index contributed by atoms with van der Waals surface area (Å²) in [5.74, 6) is 0.223. The van der Waals surface area contributed by atoms with Crippen molar-refractivity contribution in [3.05, 3.63) is 35.9 Å². The molecule has 2 fully saturated rings. The molecule has 1 aromatic rings. The summed E-state index contributed by atoms with van der Waals surface area (Å²) in [4.78, 5) is 14.6.